The van der Waals surface area contributed by atoms with Crippen LogP contribution in [0.3, 0.4) is 0 Å². The van der Waals surface area contributed by atoms with Gasteiger partial charge in [-0.1, -0.05) is 19.9 Å². The molecule has 1 aliphatic heterocycles. The van der Waals surface area contributed by atoms with Gasteiger partial charge in [-0.15, -0.1) is 0 Å². The van der Waals surface area contributed by atoms with Gasteiger partial charge in [-0.05, 0) is 17.7 Å². The Morgan fingerprint density at radius 2 is 1.94 bits per heavy atom. The second-order valence-corrected chi connectivity index (χ2v) is 7.65. The van der Waals surface area contributed by atoms with Gasteiger partial charge in [-0.25, -0.2) is 8.78 Å². The summed E-state index contributed by atoms with van der Waals surface area (Å²) < 4.78 is 26.1. The summed E-state index contributed by atoms with van der Waals surface area (Å²) in [6, 6.07) is 3.70. The second-order valence-electron chi connectivity index (χ2n) is 4.62. The van der Waals surface area contributed by atoms with Crippen LogP contribution in [0.25, 0.3) is 0 Å². The summed E-state index contributed by atoms with van der Waals surface area (Å²) in [5.74, 6) is -0.687. The van der Waals surface area contributed by atoms with E-state index in [4.69, 9.17) is 5.73 Å². The van der Waals surface area contributed by atoms with E-state index in [0.29, 0.717) is 16.1 Å². The van der Waals surface area contributed by atoms with Crippen LogP contribution in [0.5, 0.6) is 0 Å². The highest BCUT2D eigenvalue weighted by Gasteiger charge is 2.30. The SMILES string of the molecule is CC1SCC(C(N)c2ccc(F)c(F)c2)SC1C. The van der Waals surface area contributed by atoms with E-state index in [2.05, 4.69) is 13.8 Å². The molecule has 100 valence electrons. The van der Waals surface area contributed by atoms with Crippen molar-refractivity contribution in [3.05, 3.63) is 35.4 Å². The molecule has 0 spiro atoms. The van der Waals surface area contributed by atoms with Crippen molar-refractivity contribution in [3.63, 3.8) is 0 Å². The molecule has 4 unspecified atom stereocenters. The summed E-state index contributed by atoms with van der Waals surface area (Å²) >= 11 is 3.74. The van der Waals surface area contributed by atoms with Crippen molar-refractivity contribution >= 4 is 23.5 Å². The zero-order valence-corrected chi connectivity index (χ0v) is 12.0. The average molecular weight is 289 g/mol. The Kier molecular flexibility index (Phi) is 4.56. The molecule has 0 saturated carbocycles. The van der Waals surface area contributed by atoms with Gasteiger partial charge < -0.3 is 5.73 Å². The predicted octanol–water partition coefficient (Wildman–Crippen LogP) is 3.59. The van der Waals surface area contributed by atoms with Gasteiger partial charge in [0.05, 0.1) is 0 Å². The molecule has 0 aromatic heterocycles. The molecule has 2 rings (SSSR count). The standard InChI is InChI=1S/C13H17F2NS2/c1-7-8(2)18-12(6-17-7)13(16)9-3-4-10(14)11(15)5-9/h3-5,7-8,12-13H,6,16H2,1-2H3. The number of rotatable bonds is 2. The smallest absolute Gasteiger partial charge is 0.159 e. The first-order chi connectivity index (χ1) is 8.49. The minimum Gasteiger partial charge on any atom is -0.323 e. The van der Waals surface area contributed by atoms with Crippen LogP contribution in [-0.4, -0.2) is 21.5 Å². The summed E-state index contributed by atoms with van der Waals surface area (Å²) in [6.45, 7) is 4.40. The van der Waals surface area contributed by atoms with Crippen LogP contribution < -0.4 is 5.73 Å². The Morgan fingerprint density at radius 1 is 1.22 bits per heavy atom. The molecule has 0 aliphatic carbocycles. The van der Waals surface area contributed by atoms with E-state index >= 15 is 0 Å². The van der Waals surface area contributed by atoms with Crippen LogP contribution in [0, 0.1) is 11.6 Å². The zero-order chi connectivity index (χ0) is 13.3. The lowest BCUT2D eigenvalue weighted by Gasteiger charge is -2.34. The molecule has 1 nitrogen and oxygen atoms in total. The lowest BCUT2D eigenvalue weighted by Crippen LogP contribution is -2.34. The van der Waals surface area contributed by atoms with E-state index in [1.165, 1.54) is 6.07 Å². The molecule has 1 saturated heterocycles. The molecular formula is C13H17F2NS2. The van der Waals surface area contributed by atoms with Gasteiger partial charge in [0.1, 0.15) is 0 Å². The van der Waals surface area contributed by atoms with Gasteiger partial charge in [-0.2, -0.15) is 23.5 Å². The maximum absolute atomic E-state index is 13.2. The van der Waals surface area contributed by atoms with Gasteiger partial charge in [-0.3, -0.25) is 0 Å². The Labute approximate surface area is 115 Å². The molecular weight excluding hydrogens is 272 g/mol. The minimum atomic E-state index is -0.821. The van der Waals surface area contributed by atoms with Crippen LogP contribution >= 0.6 is 23.5 Å². The number of nitrogens with two attached hydrogens (primary N) is 1. The zero-order valence-electron chi connectivity index (χ0n) is 10.4. The number of hydrogen-bond donors (Lipinski definition) is 1. The van der Waals surface area contributed by atoms with E-state index in [9.17, 15) is 8.78 Å². The number of benzene rings is 1. The van der Waals surface area contributed by atoms with Crippen molar-refractivity contribution in [1.29, 1.82) is 0 Å². The topological polar surface area (TPSA) is 26.0 Å². The normalized spacial score (nSPS) is 30.2. The highest BCUT2D eigenvalue weighted by molar-refractivity contribution is 8.07. The number of hydrogen-bond acceptors (Lipinski definition) is 3. The van der Waals surface area contributed by atoms with Crippen molar-refractivity contribution < 1.29 is 8.78 Å². The number of halogens is 2. The fraction of sp³-hybridized carbons (Fsp3) is 0.538. The van der Waals surface area contributed by atoms with Crippen LogP contribution in [0.1, 0.15) is 25.5 Å². The molecule has 1 fully saturated rings. The largest absolute Gasteiger partial charge is 0.323 e. The second kappa shape index (κ2) is 5.80. The third kappa shape index (κ3) is 3.00. The maximum Gasteiger partial charge on any atom is 0.159 e. The third-order valence-electron chi connectivity index (χ3n) is 3.30. The quantitative estimate of drug-likeness (QED) is 0.901. The van der Waals surface area contributed by atoms with Crippen LogP contribution in [0.2, 0.25) is 0 Å². The minimum absolute atomic E-state index is 0.243. The van der Waals surface area contributed by atoms with E-state index in [1.807, 2.05) is 23.5 Å². The van der Waals surface area contributed by atoms with Gasteiger partial charge in [0.25, 0.3) is 0 Å². The summed E-state index contributed by atoms with van der Waals surface area (Å²) in [6.07, 6.45) is 0. The van der Waals surface area contributed by atoms with Crippen LogP contribution in [-0.2, 0) is 0 Å². The lowest BCUT2D eigenvalue weighted by atomic mass is 10.0. The molecule has 0 amide bonds. The Balaban J connectivity index is 2.11. The van der Waals surface area contributed by atoms with Crippen LogP contribution in [0.4, 0.5) is 8.78 Å². The summed E-state index contributed by atoms with van der Waals surface area (Å²) in [5.41, 5.74) is 6.85. The molecule has 1 aromatic carbocycles. The molecule has 0 bridgehead atoms. The Bertz CT molecular complexity index is 427. The monoisotopic (exact) mass is 289 g/mol. The molecule has 1 aliphatic rings. The van der Waals surface area contributed by atoms with Crippen molar-refractivity contribution in [3.8, 4) is 0 Å². The predicted molar refractivity (Wildman–Crippen MR) is 76.0 cm³/mol. The Morgan fingerprint density at radius 3 is 2.56 bits per heavy atom. The van der Waals surface area contributed by atoms with Gasteiger partial charge in [0, 0.05) is 27.5 Å². The van der Waals surface area contributed by atoms with E-state index in [1.54, 1.807) is 6.07 Å². The highest BCUT2D eigenvalue weighted by Crippen LogP contribution is 2.40. The van der Waals surface area contributed by atoms with Crippen molar-refractivity contribution in [2.45, 2.75) is 35.6 Å². The van der Waals surface area contributed by atoms with Gasteiger partial charge >= 0.3 is 0 Å². The lowest BCUT2D eigenvalue weighted by molar-refractivity contribution is 0.505. The summed E-state index contributed by atoms with van der Waals surface area (Å²) in [4.78, 5) is 0. The van der Waals surface area contributed by atoms with Crippen molar-refractivity contribution in [1.82, 2.24) is 0 Å². The van der Waals surface area contributed by atoms with E-state index < -0.39 is 11.6 Å². The summed E-state index contributed by atoms with van der Waals surface area (Å²) in [5, 5.41) is 1.40. The summed E-state index contributed by atoms with van der Waals surface area (Å²) in [7, 11) is 0. The third-order valence-corrected chi connectivity index (χ3v) is 6.82. The van der Waals surface area contributed by atoms with Crippen molar-refractivity contribution in [2.75, 3.05) is 5.75 Å². The van der Waals surface area contributed by atoms with Gasteiger partial charge in [0.2, 0.25) is 0 Å². The van der Waals surface area contributed by atoms with Crippen LogP contribution in [0.15, 0.2) is 18.2 Å². The maximum atomic E-state index is 13.2. The first-order valence-electron chi connectivity index (χ1n) is 5.96. The molecule has 18 heavy (non-hydrogen) atoms. The van der Waals surface area contributed by atoms with E-state index in [-0.39, 0.29) is 11.3 Å². The molecule has 1 heterocycles. The first kappa shape index (κ1) is 14.2. The van der Waals surface area contributed by atoms with Gasteiger partial charge in [0.15, 0.2) is 11.6 Å². The fourth-order valence-corrected chi connectivity index (χ4v) is 4.98. The molecule has 2 N–H and O–H groups in total. The molecule has 1 aromatic rings. The average Bonchev–Trinajstić information content (AvgIpc) is 2.35. The Hall–Kier alpha value is -0.260. The highest BCUT2D eigenvalue weighted by atomic mass is 32.2. The molecule has 5 heteroatoms. The first-order valence-corrected chi connectivity index (χ1v) is 7.95. The van der Waals surface area contributed by atoms with E-state index in [0.717, 1.165) is 11.8 Å². The van der Waals surface area contributed by atoms with Crippen molar-refractivity contribution in [2.24, 2.45) is 5.73 Å². The number of thioether (sulfide) groups is 2. The molecule has 4 atom stereocenters. The fourth-order valence-electron chi connectivity index (χ4n) is 1.93. The molecule has 0 radical (unpaired) electrons.